The monoisotopic (exact) mass is 340 g/mol. The minimum absolute atomic E-state index is 0.216. The molecule has 0 spiro atoms. The molecule has 3 rings (SSSR count). The second kappa shape index (κ2) is 7.81. The van der Waals surface area contributed by atoms with Crippen LogP contribution in [0.25, 0.3) is 0 Å². The highest BCUT2D eigenvalue weighted by atomic mass is 32.2. The molecule has 1 aromatic rings. The van der Waals surface area contributed by atoms with Gasteiger partial charge in [-0.2, -0.15) is 23.5 Å². The van der Waals surface area contributed by atoms with Crippen LogP contribution < -0.4 is 0 Å². The lowest BCUT2D eigenvalue weighted by Gasteiger charge is -2.28. The number of hydrogen-bond donors (Lipinski definition) is 2. The summed E-state index contributed by atoms with van der Waals surface area (Å²) in [6, 6.07) is 3.51. The number of benzene rings is 1. The molecule has 0 bridgehead atoms. The van der Waals surface area contributed by atoms with Gasteiger partial charge in [0.2, 0.25) is 0 Å². The normalized spacial score (nSPS) is 21.1. The van der Waals surface area contributed by atoms with Crippen LogP contribution in [-0.2, 0) is 13.1 Å². The van der Waals surface area contributed by atoms with Gasteiger partial charge < -0.3 is 10.2 Å². The molecule has 0 aliphatic carbocycles. The van der Waals surface area contributed by atoms with E-state index in [2.05, 4.69) is 9.80 Å². The smallest absolute Gasteiger partial charge is 0.123 e. The van der Waals surface area contributed by atoms with Crippen molar-refractivity contribution >= 4 is 23.5 Å². The van der Waals surface area contributed by atoms with E-state index in [1.807, 2.05) is 29.6 Å². The zero-order valence-electron chi connectivity index (χ0n) is 12.8. The fraction of sp³-hybridized carbons (Fsp3) is 0.625. The third-order valence-electron chi connectivity index (χ3n) is 4.28. The molecule has 4 nitrogen and oxygen atoms in total. The molecule has 2 aliphatic rings. The second-order valence-electron chi connectivity index (χ2n) is 5.89. The van der Waals surface area contributed by atoms with Crippen LogP contribution in [0.4, 0.5) is 0 Å². The number of hydrogen-bond acceptors (Lipinski definition) is 6. The number of phenols is 2. The zero-order valence-corrected chi connectivity index (χ0v) is 14.5. The highest BCUT2D eigenvalue weighted by molar-refractivity contribution is 7.99. The van der Waals surface area contributed by atoms with Gasteiger partial charge in [0, 0.05) is 79.5 Å². The molecule has 2 saturated heterocycles. The van der Waals surface area contributed by atoms with Crippen molar-refractivity contribution in [2.45, 2.75) is 13.1 Å². The van der Waals surface area contributed by atoms with E-state index in [0.29, 0.717) is 0 Å². The van der Waals surface area contributed by atoms with E-state index in [4.69, 9.17) is 0 Å². The fourth-order valence-corrected chi connectivity index (χ4v) is 4.88. The first kappa shape index (κ1) is 16.3. The molecule has 0 atom stereocenters. The first-order valence-electron chi connectivity index (χ1n) is 7.86. The van der Waals surface area contributed by atoms with Crippen molar-refractivity contribution in [1.82, 2.24) is 9.80 Å². The molecular weight excluding hydrogens is 316 g/mol. The predicted octanol–water partition coefficient (Wildman–Crippen LogP) is 2.20. The molecule has 0 amide bonds. The van der Waals surface area contributed by atoms with Crippen molar-refractivity contribution in [2.75, 3.05) is 49.2 Å². The third-order valence-corrected chi connectivity index (χ3v) is 6.16. The lowest BCUT2D eigenvalue weighted by atomic mass is 10.1. The van der Waals surface area contributed by atoms with E-state index >= 15 is 0 Å². The molecule has 2 fully saturated rings. The van der Waals surface area contributed by atoms with Gasteiger partial charge in [-0.05, 0) is 6.07 Å². The zero-order chi connectivity index (χ0) is 15.4. The second-order valence-corrected chi connectivity index (χ2v) is 8.34. The molecule has 22 heavy (non-hydrogen) atoms. The standard InChI is InChI=1S/C16H24N2O2S2/c19-15-10-16(20)14(12-18-3-7-22-8-4-18)9-13(15)11-17-1-5-21-6-2-17/h9-10,19-20H,1-8,11-12H2. The van der Waals surface area contributed by atoms with Gasteiger partial charge in [-0.15, -0.1) is 0 Å². The Morgan fingerprint density at radius 1 is 0.727 bits per heavy atom. The van der Waals surface area contributed by atoms with Crippen molar-refractivity contribution in [1.29, 1.82) is 0 Å². The summed E-state index contributed by atoms with van der Waals surface area (Å²) in [7, 11) is 0. The molecule has 2 heterocycles. The van der Waals surface area contributed by atoms with E-state index < -0.39 is 0 Å². The molecule has 122 valence electrons. The fourth-order valence-electron chi connectivity index (χ4n) is 2.93. The Balaban J connectivity index is 1.70. The largest absolute Gasteiger partial charge is 0.507 e. The maximum absolute atomic E-state index is 10.1. The van der Waals surface area contributed by atoms with E-state index in [1.54, 1.807) is 0 Å². The van der Waals surface area contributed by atoms with Crippen molar-refractivity contribution in [2.24, 2.45) is 0 Å². The maximum atomic E-state index is 10.1. The van der Waals surface area contributed by atoms with Gasteiger partial charge in [0.15, 0.2) is 0 Å². The van der Waals surface area contributed by atoms with Crippen molar-refractivity contribution in [3.63, 3.8) is 0 Å². The van der Waals surface area contributed by atoms with Crippen LogP contribution >= 0.6 is 23.5 Å². The Morgan fingerprint density at radius 3 is 1.55 bits per heavy atom. The molecule has 0 radical (unpaired) electrons. The average molecular weight is 341 g/mol. The number of nitrogens with zero attached hydrogens (tertiary/aromatic N) is 2. The van der Waals surface area contributed by atoms with E-state index in [0.717, 1.165) is 73.4 Å². The van der Waals surface area contributed by atoms with Crippen molar-refractivity contribution in [3.8, 4) is 11.5 Å². The highest BCUT2D eigenvalue weighted by Crippen LogP contribution is 2.30. The van der Waals surface area contributed by atoms with Crippen LogP contribution in [0, 0.1) is 0 Å². The van der Waals surface area contributed by atoms with Crippen LogP contribution in [0.2, 0.25) is 0 Å². The Hall–Kier alpha value is -0.560. The highest BCUT2D eigenvalue weighted by Gasteiger charge is 2.17. The first-order chi connectivity index (χ1) is 10.7. The quantitative estimate of drug-likeness (QED) is 0.876. The molecule has 2 aliphatic heterocycles. The minimum atomic E-state index is 0.216. The Labute approximate surface area is 140 Å². The lowest BCUT2D eigenvalue weighted by Crippen LogP contribution is -2.32. The van der Waals surface area contributed by atoms with Gasteiger partial charge in [-0.1, -0.05) is 0 Å². The Bertz CT molecular complexity index is 460. The molecule has 1 aromatic carbocycles. The molecule has 0 aromatic heterocycles. The van der Waals surface area contributed by atoms with Crippen LogP contribution in [-0.4, -0.2) is 69.2 Å². The number of thioether (sulfide) groups is 2. The van der Waals surface area contributed by atoms with Gasteiger partial charge in [-0.3, -0.25) is 9.80 Å². The summed E-state index contributed by atoms with van der Waals surface area (Å²) in [5.41, 5.74) is 1.87. The van der Waals surface area contributed by atoms with Crippen LogP contribution in [0.1, 0.15) is 11.1 Å². The summed E-state index contributed by atoms with van der Waals surface area (Å²) in [6.45, 7) is 5.84. The van der Waals surface area contributed by atoms with Crippen LogP contribution in [0.5, 0.6) is 11.5 Å². The van der Waals surface area contributed by atoms with Gasteiger partial charge >= 0.3 is 0 Å². The van der Waals surface area contributed by atoms with E-state index in [1.165, 1.54) is 6.07 Å². The van der Waals surface area contributed by atoms with Crippen molar-refractivity contribution in [3.05, 3.63) is 23.3 Å². The average Bonchev–Trinajstić information content (AvgIpc) is 2.54. The molecule has 0 saturated carbocycles. The van der Waals surface area contributed by atoms with E-state index in [-0.39, 0.29) is 11.5 Å². The summed E-state index contributed by atoms with van der Waals surface area (Å²) < 4.78 is 0. The topological polar surface area (TPSA) is 46.9 Å². The third kappa shape index (κ3) is 4.25. The minimum Gasteiger partial charge on any atom is -0.507 e. The van der Waals surface area contributed by atoms with E-state index in [9.17, 15) is 10.2 Å². The summed E-state index contributed by atoms with van der Waals surface area (Å²) in [6.07, 6.45) is 0. The summed E-state index contributed by atoms with van der Waals surface area (Å²) in [4.78, 5) is 4.76. The van der Waals surface area contributed by atoms with Gasteiger partial charge in [-0.25, -0.2) is 0 Å². The Kier molecular flexibility index (Phi) is 5.79. The number of aromatic hydroxyl groups is 2. The summed E-state index contributed by atoms with van der Waals surface area (Å²) in [5.74, 6) is 5.09. The molecule has 6 heteroatoms. The predicted molar refractivity (Wildman–Crippen MR) is 95.0 cm³/mol. The summed E-state index contributed by atoms with van der Waals surface area (Å²) >= 11 is 3.98. The van der Waals surface area contributed by atoms with Crippen LogP contribution in [0.3, 0.4) is 0 Å². The van der Waals surface area contributed by atoms with Crippen molar-refractivity contribution < 1.29 is 10.2 Å². The number of phenolic OH excluding ortho intramolecular Hbond substituents is 2. The SMILES string of the molecule is Oc1cc(O)c(CN2CCSCC2)cc1CN1CCSCC1. The molecule has 0 unspecified atom stereocenters. The molecular formula is C16H24N2O2S2. The lowest BCUT2D eigenvalue weighted by molar-refractivity contribution is 0.282. The molecule has 2 N–H and O–H groups in total. The summed E-state index contributed by atoms with van der Waals surface area (Å²) in [5, 5.41) is 20.3. The van der Waals surface area contributed by atoms with Crippen LogP contribution in [0.15, 0.2) is 12.1 Å². The number of rotatable bonds is 4. The maximum Gasteiger partial charge on any atom is 0.123 e. The van der Waals surface area contributed by atoms with Gasteiger partial charge in [0.05, 0.1) is 0 Å². The first-order valence-corrected chi connectivity index (χ1v) is 10.2. The van der Waals surface area contributed by atoms with Gasteiger partial charge in [0.1, 0.15) is 11.5 Å². The van der Waals surface area contributed by atoms with Gasteiger partial charge in [0.25, 0.3) is 0 Å². The Morgan fingerprint density at radius 2 is 1.14 bits per heavy atom.